The van der Waals surface area contributed by atoms with Crippen molar-refractivity contribution >= 4 is 45.1 Å². The van der Waals surface area contributed by atoms with Crippen LogP contribution in [0.15, 0.2) is 29.4 Å². The van der Waals surface area contributed by atoms with Crippen LogP contribution in [0, 0.1) is 11.3 Å². The van der Waals surface area contributed by atoms with Gasteiger partial charge in [-0.05, 0) is 26.0 Å². The lowest BCUT2D eigenvalue weighted by molar-refractivity contribution is 0.0531. The van der Waals surface area contributed by atoms with Gasteiger partial charge in [-0.25, -0.2) is 9.78 Å². The number of fused-ring (bicyclic) bond motifs is 1. The van der Waals surface area contributed by atoms with Gasteiger partial charge >= 0.3 is 5.97 Å². The number of hydrogen-bond acceptors (Lipinski definition) is 7. The molecule has 0 aliphatic carbocycles. The molecule has 134 valence electrons. The van der Waals surface area contributed by atoms with Gasteiger partial charge in [0.05, 0.1) is 23.2 Å². The Kier molecular flexibility index (Phi) is 5.49. The second-order valence-electron chi connectivity index (χ2n) is 5.40. The van der Waals surface area contributed by atoms with Crippen molar-refractivity contribution in [3.8, 4) is 6.07 Å². The first-order valence-electron chi connectivity index (χ1n) is 8.17. The van der Waals surface area contributed by atoms with Crippen LogP contribution in [0.2, 0.25) is 0 Å². The van der Waals surface area contributed by atoms with Gasteiger partial charge in [0.1, 0.15) is 15.9 Å². The summed E-state index contributed by atoms with van der Waals surface area (Å²) in [5.74, 6) is -0.0149. The van der Waals surface area contributed by atoms with Crippen LogP contribution in [0.3, 0.4) is 0 Å². The highest BCUT2D eigenvalue weighted by Crippen LogP contribution is 2.36. The summed E-state index contributed by atoms with van der Waals surface area (Å²) in [5.41, 5.74) is 8.89. The summed E-state index contributed by atoms with van der Waals surface area (Å²) in [5, 5.41) is 10.6. The minimum absolute atomic E-state index is 0.275. The van der Waals surface area contributed by atoms with E-state index in [0.29, 0.717) is 26.8 Å². The SMILES string of the molecule is CCOC(=O)c1sc(N)c(C#N)c1CSc1nc2ccccc2n1CC. The average Bonchev–Trinajstić information content (AvgIpc) is 3.16. The van der Waals surface area contributed by atoms with E-state index < -0.39 is 5.97 Å². The number of thioether (sulfide) groups is 1. The number of nitriles is 1. The average molecular weight is 387 g/mol. The molecule has 0 aliphatic rings. The predicted octanol–water partition coefficient (Wildman–Crippen LogP) is 4.04. The lowest BCUT2D eigenvalue weighted by Gasteiger charge is -2.07. The number of esters is 1. The van der Waals surface area contributed by atoms with Crippen molar-refractivity contribution in [3.05, 3.63) is 40.3 Å². The van der Waals surface area contributed by atoms with E-state index in [0.717, 1.165) is 34.1 Å². The molecule has 0 bridgehead atoms. The van der Waals surface area contributed by atoms with E-state index in [1.54, 1.807) is 6.92 Å². The van der Waals surface area contributed by atoms with Gasteiger partial charge in [-0.15, -0.1) is 11.3 Å². The van der Waals surface area contributed by atoms with Crippen molar-refractivity contribution < 1.29 is 9.53 Å². The number of thiophene rings is 1. The first-order chi connectivity index (χ1) is 12.6. The zero-order chi connectivity index (χ0) is 18.7. The number of ether oxygens (including phenoxy) is 1. The Bertz CT molecular complexity index is 1000. The van der Waals surface area contributed by atoms with Crippen LogP contribution in [0.4, 0.5) is 5.00 Å². The third-order valence-corrected chi connectivity index (χ3v) is 5.93. The number of carbonyl (C=O) groups is 1. The number of nitrogens with zero attached hydrogens (tertiary/aromatic N) is 3. The standard InChI is InChI=1S/C18H18N4O2S2/c1-3-22-14-8-6-5-7-13(14)21-18(22)25-10-12-11(9-19)16(20)26-15(12)17(23)24-4-2/h5-8H,3-4,10,20H2,1-2H3. The molecular weight excluding hydrogens is 368 g/mol. The minimum atomic E-state index is -0.440. The molecular formula is C18H18N4O2S2. The van der Waals surface area contributed by atoms with Crippen molar-refractivity contribution in [2.45, 2.75) is 31.3 Å². The third-order valence-electron chi connectivity index (χ3n) is 3.89. The Labute approximate surface area is 159 Å². The summed E-state index contributed by atoms with van der Waals surface area (Å²) < 4.78 is 7.22. The summed E-state index contributed by atoms with van der Waals surface area (Å²) in [6, 6.07) is 10.0. The summed E-state index contributed by atoms with van der Waals surface area (Å²) in [4.78, 5) is 17.3. The maximum absolute atomic E-state index is 12.2. The molecule has 6 nitrogen and oxygen atoms in total. The quantitative estimate of drug-likeness (QED) is 0.507. The molecule has 2 heterocycles. The number of carbonyl (C=O) groups excluding carboxylic acids is 1. The first kappa shape index (κ1) is 18.3. The van der Waals surface area contributed by atoms with Gasteiger partial charge in [-0.1, -0.05) is 23.9 Å². The van der Waals surface area contributed by atoms with Gasteiger partial charge < -0.3 is 15.0 Å². The highest BCUT2D eigenvalue weighted by molar-refractivity contribution is 7.98. The van der Waals surface area contributed by atoms with E-state index in [1.165, 1.54) is 11.8 Å². The van der Waals surface area contributed by atoms with Crippen LogP contribution in [0.1, 0.15) is 34.6 Å². The van der Waals surface area contributed by atoms with Gasteiger partial charge in [0.25, 0.3) is 0 Å². The topological polar surface area (TPSA) is 93.9 Å². The van der Waals surface area contributed by atoms with E-state index in [-0.39, 0.29) is 6.61 Å². The van der Waals surface area contributed by atoms with Gasteiger partial charge in [0, 0.05) is 17.9 Å². The minimum Gasteiger partial charge on any atom is -0.462 e. The Morgan fingerprint density at radius 2 is 2.19 bits per heavy atom. The lowest BCUT2D eigenvalue weighted by Crippen LogP contribution is -2.05. The van der Waals surface area contributed by atoms with Crippen molar-refractivity contribution in [1.82, 2.24) is 9.55 Å². The lowest BCUT2D eigenvalue weighted by atomic mass is 10.2. The number of benzene rings is 1. The van der Waals surface area contributed by atoms with Crippen molar-refractivity contribution in [2.24, 2.45) is 0 Å². The molecule has 0 saturated heterocycles. The fourth-order valence-electron chi connectivity index (χ4n) is 2.71. The van der Waals surface area contributed by atoms with E-state index in [2.05, 4.69) is 22.5 Å². The van der Waals surface area contributed by atoms with Crippen LogP contribution in [0.5, 0.6) is 0 Å². The second-order valence-corrected chi connectivity index (χ2v) is 7.39. The largest absolute Gasteiger partial charge is 0.462 e. The molecule has 0 aliphatic heterocycles. The van der Waals surface area contributed by atoms with Crippen LogP contribution >= 0.6 is 23.1 Å². The molecule has 8 heteroatoms. The van der Waals surface area contributed by atoms with Gasteiger partial charge in [0.2, 0.25) is 0 Å². The monoisotopic (exact) mass is 386 g/mol. The van der Waals surface area contributed by atoms with Crippen LogP contribution in [-0.4, -0.2) is 22.1 Å². The summed E-state index contributed by atoms with van der Waals surface area (Å²) in [6.07, 6.45) is 0. The molecule has 0 spiro atoms. The van der Waals surface area contributed by atoms with Crippen molar-refractivity contribution in [1.29, 1.82) is 5.26 Å². The molecule has 1 aromatic carbocycles. The zero-order valence-corrected chi connectivity index (χ0v) is 16.1. The summed E-state index contributed by atoms with van der Waals surface area (Å²) >= 11 is 2.59. The van der Waals surface area contributed by atoms with E-state index in [9.17, 15) is 10.1 Å². The van der Waals surface area contributed by atoms with E-state index in [1.807, 2.05) is 24.3 Å². The van der Waals surface area contributed by atoms with Gasteiger partial charge in [0.15, 0.2) is 5.16 Å². The van der Waals surface area contributed by atoms with Gasteiger partial charge in [-0.3, -0.25) is 0 Å². The molecule has 0 radical (unpaired) electrons. The molecule has 26 heavy (non-hydrogen) atoms. The number of hydrogen-bond donors (Lipinski definition) is 1. The number of aryl methyl sites for hydroxylation is 1. The zero-order valence-electron chi connectivity index (χ0n) is 14.5. The normalized spacial score (nSPS) is 10.8. The maximum Gasteiger partial charge on any atom is 0.348 e. The fourth-order valence-corrected chi connectivity index (χ4v) is 4.84. The molecule has 2 N–H and O–H groups in total. The molecule has 0 saturated carbocycles. The number of para-hydroxylation sites is 2. The van der Waals surface area contributed by atoms with Crippen LogP contribution in [-0.2, 0) is 17.0 Å². The number of anilines is 1. The molecule has 2 aromatic heterocycles. The number of rotatable bonds is 6. The Balaban J connectivity index is 1.95. The highest BCUT2D eigenvalue weighted by Gasteiger charge is 2.23. The Hall–Kier alpha value is -2.50. The first-order valence-corrected chi connectivity index (χ1v) is 9.97. The molecule has 0 fully saturated rings. The number of nitrogen functional groups attached to an aromatic ring is 1. The molecule has 0 atom stereocenters. The number of imidazole rings is 1. The molecule has 3 rings (SSSR count). The van der Waals surface area contributed by atoms with Crippen LogP contribution < -0.4 is 5.73 Å². The van der Waals surface area contributed by atoms with E-state index in [4.69, 9.17) is 10.5 Å². The molecule has 3 aromatic rings. The van der Waals surface area contributed by atoms with E-state index >= 15 is 0 Å². The summed E-state index contributed by atoms with van der Waals surface area (Å²) in [6.45, 7) is 4.87. The van der Waals surface area contributed by atoms with Gasteiger partial charge in [-0.2, -0.15) is 5.26 Å². The fraction of sp³-hybridized carbons (Fsp3) is 0.278. The predicted molar refractivity (Wildman–Crippen MR) is 104 cm³/mol. The molecule has 0 unspecified atom stereocenters. The Morgan fingerprint density at radius 1 is 1.42 bits per heavy atom. The van der Waals surface area contributed by atoms with Crippen molar-refractivity contribution in [3.63, 3.8) is 0 Å². The number of nitrogens with two attached hydrogens (primary N) is 1. The third kappa shape index (κ3) is 3.28. The smallest absolute Gasteiger partial charge is 0.348 e. The second kappa shape index (κ2) is 7.81. The summed E-state index contributed by atoms with van der Waals surface area (Å²) in [7, 11) is 0. The highest BCUT2D eigenvalue weighted by atomic mass is 32.2. The van der Waals surface area contributed by atoms with Crippen molar-refractivity contribution in [2.75, 3.05) is 12.3 Å². The van der Waals surface area contributed by atoms with Crippen LogP contribution in [0.25, 0.3) is 11.0 Å². The Morgan fingerprint density at radius 3 is 2.88 bits per heavy atom. The number of aromatic nitrogens is 2. The maximum atomic E-state index is 12.2. The molecule has 0 amide bonds.